The molecular weight excluding hydrogens is 326 g/mol. The summed E-state index contributed by atoms with van der Waals surface area (Å²) in [6, 6.07) is 6.03. The zero-order chi connectivity index (χ0) is 13.6. The predicted octanol–water partition coefficient (Wildman–Crippen LogP) is 3.36. The van der Waals surface area contributed by atoms with Crippen LogP contribution in [0.4, 0.5) is 0 Å². The molecule has 102 valence electrons. The number of halogens is 2. The Morgan fingerprint density at radius 2 is 2.26 bits per heavy atom. The Morgan fingerprint density at radius 3 is 2.89 bits per heavy atom. The summed E-state index contributed by atoms with van der Waals surface area (Å²) in [6.45, 7) is 3.83. The van der Waals surface area contributed by atoms with Crippen LogP contribution in [0.15, 0.2) is 27.7 Å². The lowest BCUT2D eigenvalue weighted by Gasteiger charge is -2.37. The predicted molar refractivity (Wildman–Crippen MR) is 82.4 cm³/mol. The smallest absolute Gasteiger partial charge is 0.192 e. The molecule has 1 saturated carbocycles. The van der Waals surface area contributed by atoms with Crippen LogP contribution in [0.1, 0.15) is 25.3 Å². The van der Waals surface area contributed by atoms with Crippen LogP contribution < -0.4 is 5.73 Å². The van der Waals surface area contributed by atoms with Gasteiger partial charge in [0.1, 0.15) is 0 Å². The third-order valence-electron chi connectivity index (χ3n) is 4.07. The summed E-state index contributed by atoms with van der Waals surface area (Å²) in [5.74, 6) is 1.41. The Hall–Kier alpha value is -0.740. The molecule has 0 saturated heterocycles. The quantitative estimate of drug-likeness (QED) is 0.915. The van der Waals surface area contributed by atoms with Gasteiger partial charge in [0.2, 0.25) is 0 Å². The Kier molecular flexibility index (Phi) is 3.26. The number of guanidine groups is 1. The molecule has 19 heavy (non-hydrogen) atoms. The molecular formula is C14H17BrClN3. The standard InChI is InChI=1S/C14H17BrClN3/c1-14(11-5-4-10(15)6-12(11)16)8-18-13(17)19(14)7-9-2-3-9/h4-6,9H,2-3,7-8H2,1H3,(H2,17,18). The van der Waals surface area contributed by atoms with Crippen LogP contribution in [0, 0.1) is 5.92 Å². The van der Waals surface area contributed by atoms with Gasteiger partial charge in [0.05, 0.1) is 12.1 Å². The molecule has 0 aromatic heterocycles. The van der Waals surface area contributed by atoms with E-state index in [2.05, 4.69) is 38.8 Å². The number of hydrogen-bond acceptors (Lipinski definition) is 3. The van der Waals surface area contributed by atoms with Gasteiger partial charge in [0, 0.05) is 16.0 Å². The second-order valence-corrected chi connectivity index (χ2v) is 6.95. The number of benzene rings is 1. The summed E-state index contributed by atoms with van der Waals surface area (Å²) < 4.78 is 0.991. The number of hydrogen-bond donors (Lipinski definition) is 1. The molecule has 2 N–H and O–H groups in total. The molecule has 0 spiro atoms. The average molecular weight is 343 g/mol. The van der Waals surface area contributed by atoms with Crippen molar-refractivity contribution in [1.29, 1.82) is 0 Å². The number of aliphatic imine (C=N–C) groups is 1. The van der Waals surface area contributed by atoms with Crippen molar-refractivity contribution in [2.75, 3.05) is 13.1 Å². The van der Waals surface area contributed by atoms with Gasteiger partial charge >= 0.3 is 0 Å². The first-order valence-electron chi connectivity index (χ1n) is 6.54. The van der Waals surface area contributed by atoms with Crippen LogP contribution >= 0.6 is 27.5 Å². The number of nitrogens with zero attached hydrogens (tertiary/aromatic N) is 2. The van der Waals surface area contributed by atoms with Gasteiger partial charge in [-0.15, -0.1) is 0 Å². The summed E-state index contributed by atoms with van der Waals surface area (Å²) in [5, 5.41) is 0.766. The second-order valence-electron chi connectivity index (χ2n) is 5.63. The minimum Gasteiger partial charge on any atom is -0.370 e. The largest absolute Gasteiger partial charge is 0.370 e. The highest BCUT2D eigenvalue weighted by Gasteiger charge is 2.42. The normalized spacial score (nSPS) is 26.7. The van der Waals surface area contributed by atoms with Crippen LogP contribution in [-0.2, 0) is 5.54 Å². The number of rotatable bonds is 3. The fourth-order valence-corrected chi connectivity index (χ4v) is 3.55. The molecule has 1 unspecified atom stereocenters. The van der Waals surface area contributed by atoms with Gasteiger partial charge in [-0.05, 0) is 43.4 Å². The van der Waals surface area contributed by atoms with E-state index in [1.54, 1.807) is 0 Å². The molecule has 5 heteroatoms. The molecule has 2 aliphatic rings. The first-order chi connectivity index (χ1) is 9.00. The maximum Gasteiger partial charge on any atom is 0.192 e. The van der Waals surface area contributed by atoms with E-state index in [9.17, 15) is 0 Å². The van der Waals surface area contributed by atoms with Gasteiger partial charge in [0.15, 0.2) is 5.96 Å². The molecule has 1 aromatic carbocycles. The average Bonchev–Trinajstić information content (AvgIpc) is 3.11. The van der Waals surface area contributed by atoms with Crippen molar-refractivity contribution < 1.29 is 0 Å². The monoisotopic (exact) mass is 341 g/mol. The highest BCUT2D eigenvalue weighted by Crippen LogP contribution is 2.40. The lowest BCUT2D eigenvalue weighted by molar-refractivity contribution is 0.217. The first kappa shape index (κ1) is 13.3. The zero-order valence-electron chi connectivity index (χ0n) is 10.9. The van der Waals surface area contributed by atoms with Crippen LogP contribution in [0.3, 0.4) is 0 Å². The maximum absolute atomic E-state index is 6.42. The molecule has 3 nitrogen and oxygen atoms in total. The van der Waals surface area contributed by atoms with E-state index in [-0.39, 0.29) is 5.54 Å². The highest BCUT2D eigenvalue weighted by molar-refractivity contribution is 9.10. The molecule has 3 rings (SSSR count). The molecule has 1 aromatic rings. The summed E-state index contributed by atoms with van der Waals surface area (Å²) in [4.78, 5) is 6.66. The van der Waals surface area contributed by atoms with Crippen molar-refractivity contribution >= 4 is 33.5 Å². The molecule has 0 bridgehead atoms. The van der Waals surface area contributed by atoms with Crippen molar-refractivity contribution in [3.05, 3.63) is 33.3 Å². The Labute approximate surface area is 127 Å². The molecule has 0 radical (unpaired) electrons. The minimum absolute atomic E-state index is 0.218. The van der Waals surface area contributed by atoms with Crippen LogP contribution in [0.5, 0.6) is 0 Å². The topological polar surface area (TPSA) is 41.6 Å². The summed E-state index contributed by atoms with van der Waals surface area (Å²) in [7, 11) is 0. The van der Waals surface area contributed by atoms with Crippen molar-refractivity contribution in [3.63, 3.8) is 0 Å². The van der Waals surface area contributed by atoms with Crippen molar-refractivity contribution in [1.82, 2.24) is 4.90 Å². The van der Waals surface area contributed by atoms with Crippen LogP contribution in [0.2, 0.25) is 5.02 Å². The summed E-state index contributed by atoms with van der Waals surface area (Å²) >= 11 is 9.86. The van der Waals surface area contributed by atoms with E-state index < -0.39 is 0 Å². The van der Waals surface area contributed by atoms with E-state index in [4.69, 9.17) is 17.3 Å². The van der Waals surface area contributed by atoms with E-state index in [1.807, 2.05) is 12.1 Å². The van der Waals surface area contributed by atoms with Crippen molar-refractivity contribution in [3.8, 4) is 0 Å². The number of nitrogens with two attached hydrogens (primary N) is 1. The van der Waals surface area contributed by atoms with Gasteiger partial charge in [0.25, 0.3) is 0 Å². The Bertz CT molecular complexity index is 541. The molecule has 1 fully saturated rings. The van der Waals surface area contributed by atoms with Gasteiger partial charge in [-0.2, -0.15) is 0 Å². The molecule has 1 heterocycles. The van der Waals surface area contributed by atoms with Gasteiger partial charge in [-0.1, -0.05) is 33.6 Å². The molecule has 1 atom stereocenters. The van der Waals surface area contributed by atoms with Crippen LogP contribution in [-0.4, -0.2) is 23.9 Å². The van der Waals surface area contributed by atoms with E-state index >= 15 is 0 Å². The highest BCUT2D eigenvalue weighted by atomic mass is 79.9. The molecule has 0 amide bonds. The van der Waals surface area contributed by atoms with Gasteiger partial charge in [-0.25, -0.2) is 0 Å². The van der Waals surface area contributed by atoms with E-state index in [1.165, 1.54) is 12.8 Å². The fourth-order valence-electron chi connectivity index (χ4n) is 2.67. The lowest BCUT2D eigenvalue weighted by atomic mass is 9.90. The third kappa shape index (κ3) is 2.36. The second kappa shape index (κ2) is 4.67. The zero-order valence-corrected chi connectivity index (χ0v) is 13.2. The van der Waals surface area contributed by atoms with Gasteiger partial charge in [-0.3, -0.25) is 4.99 Å². The fraction of sp³-hybridized carbons (Fsp3) is 0.500. The van der Waals surface area contributed by atoms with Crippen molar-refractivity contribution in [2.45, 2.75) is 25.3 Å². The lowest BCUT2D eigenvalue weighted by Crippen LogP contribution is -2.48. The van der Waals surface area contributed by atoms with E-state index in [0.717, 1.165) is 27.5 Å². The minimum atomic E-state index is -0.218. The Balaban J connectivity index is 1.96. The summed E-state index contributed by atoms with van der Waals surface area (Å²) in [6.07, 6.45) is 2.60. The first-order valence-corrected chi connectivity index (χ1v) is 7.71. The SMILES string of the molecule is CC1(c2ccc(Br)cc2Cl)CN=C(N)N1CC1CC1. The summed E-state index contributed by atoms with van der Waals surface area (Å²) in [5.41, 5.74) is 6.95. The third-order valence-corrected chi connectivity index (χ3v) is 4.88. The molecule has 1 aliphatic heterocycles. The van der Waals surface area contributed by atoms with Gasteiger partial charge < -0.3 is 10.6 Å². The van der Waals surface area contributed by atoms with Crippen LogP contribution in [0.25, 0.3) is 0 Å². The Morgan fingerprint density at radius 1 is 1.53 bits per heavy atom. The molecule has 1 aliphatic carbocycles. The van der Waals surface area contributed by atoms with Crippen molar-refractivity contribution in [2.24, 2.45) is 16.6 Å². The van der Waals surface area contributed by atoms with E-state index in [0.29, 0.717) is 12.5 Å². The maximum atomic E-state index is 6.42.